The van der Waals surface area contributed by atoms with Crippen LogP contribution in [0.5, 0.6) is 0 Å². The first kappa shape index (κ1) is 29.1. The van der Waals surface area contributed by atoms with Gasteiger partial charge in [0.15, 0.2) is 0 Å². The highest BCUT2D eigenvalue weighted by atomic mass is 16.4. The van der Waals surface area contributed by atoms with Crippen molar-refractivity contribution < 1.29 is 14.7 Å². The second-order valence-corrected chi connectivity index (χ2v) is 12.9. The van der Waals surface area contributed by atoms with E-state index in [0.717, 1.165) is 56.9 Å². The van der Waals surface area contributed by atoms with Crippen LogP contribution in [0.25, 0.3) is 0 Å². The molecule has 2 rings (SSSR count). The first-order valence-electron chi connectivity index (χ1n) is 13.3. The van der Waals surface area contributed by atoms with Gasteiger partial charge in [-0.1, -0.05) is 66.3 Å². The van der Waals surface area contributed by atoms with Crippen LogP contribution in [-0.4, -0.2) is 39.7 Å². The molecule has 35 heavy (non-hydrogen) atoms. The van der Waals surface area contributed by atoms with Gasteiger partial charge >= 0.3 is 5.97 Å². The van der Waals surface area contributed by atoms with Gasteiger partial charge in [0.1, 0.15) is 0 Å². The van der Waals surface area contributed by atoms with E-state index in [4.69, 9.17) is 5.41 Å². The standard InChI is InChI=1S/C30H48N2O3/c1-9-21(11-10-20(2)28(34)35)25(18-19-29(3,4)5)32(27(33)26(31)22-12-13-22)24-16-14-23(15-17-24)30(6,7)8/h9-11,22-25,31H,1,12-19H2,2-8H3,(H,34,35)/b20-10+,21-11+,31-26?. The zero-order valence-corrected chi connectivity index (χ0v) is 23.1. The molecule has 2 fully saturated rings. The summed E-state index contributed by atoms with van der Waals surface area (Å²) >= 11 is 0. The summed E-state index contributed by atoms with van der Waals surface area (Å²) in [5.41, 5.74) is 1.67. The Labute approximate surface area is 213 Å². The number of amides is 1. The maximum atomic E-state index is 13.9. The summed E-state index contributed by atoms with van der Waals surface area (Å²) in [5, 5.41) is 18.0. The second kappa shape index (κ2) is 11.7. The van der Waals surface area contributed by atoms with Crippen LogP contribution in [0.4, 0.5) is 0 Å². The molecule has 1 amide bonds. The minimum Gasteiger partial charge on any atom is -0.478 e. The molecule has 1 atom stereocenters. The first-order chi connectivity index (χ1) is 16.2. The number of hydrogen-bond acceptors (Lipinski definition) is 3. The Hall–Kier alpha value is -2.17. The highest BCUT2D eigenvalue weighted by Crippen LogP contribution is 2.41. The average molecular weight is 485 g/mol. The van der Waals surface area contributed by atoms with Crippen LogP contribution >= 0.6 is 0 Å². The molecule has 2 saturated carbocycles. The molecule has 5 heteroatoms. The Morgan fingerprint density at radius 1 is 1.03 bits per heavy atom. The van der Waals surface area contributed by atoms with Crippen molar-refractivity contribution in [3.8, 4) is 0 Å². The number of nitrogens with zero attached hydrogens (tertiary/aromatic N) is 1. The number of aliphatic carboxylic acids is 1. The number of nitrogens with one attached hydrogen (secondary N) is 1. The molecule has 0 aromatic rings. The largest absolute Gasteiger partial charge is 0.478 e. The third-order valence-electron chi connectivity index (χ3n) is 7.75. The van der Waals surface area contributed by atoms with Crippen molar-refractivity contribution in [3.05, 3.63) is 36.0 Å². The van der Waals surface area contributed by atoms with Crippen molar-refractivity contribution in [1.82, 2.24) is 4.90 Å². The van der Waals surface area contributed by atoms with Gasteiger partial charge in [-0.05, 0) is 80.6 Å². The number of carbonyl (C=O) groups excluding carboxylic acids is 1. The van der Waals surface area contributed by atoms with Gasteiger partial charge in [0.25, 0.3) is 5.91 Å². The number of hydrogen-bond donors (Lipinski definition) is 2. The third-order valence-corrected chi connectivity index (χ3v) is 7.75. The molecular weight excluding hydrogens is 436 g/mol. The molecule has 1 unspecified atom stereocenters. The quantitative estimate of drug-likeness (QED) is 0.196. The van der Waals surface area contributed by atoms with E-state index in [1.807, 2.05) is 11.0 Å². The van der Waals surface area contributed by atoms with Crippen LogP contribution in [0.15, 0.2) is 36.0 Å². The summed E-state index contributed by atoms with van der Waals surface area (Å²) in [4.78, 5) is 27.3. The lowest BCUT2D eigenvalue weighted by atomic mass is 9.71. The number of rotatable bonds is 10. The summed E-state index contributed by atoms with van der Waals surface area (Å²) in [6.45, 7) is 19.1. The van der Waals surface area contributed by atoms with E-state index in [1.165, 1.54) is 0 Å². The molecule has 0 heterocycles. The topological polar surface area (TPSA) is 81.5 Å². The highest BCUT2D eigenvalue weighted by Gasteiger charge is 2.41. The van der Waals surface area contributed by atoms with Gasteiger partial charge in [-0.2, -0.15) is 0 Å². The molecular formula is C30H48N2O3. The van der Waals surface area contributed by atoms with Crippen molar-refractivity contribution in [1.29, 1.82) is 5.41 Å². The van der Waals surface area contributed by atoms with Crippen molar-refractivity contribution in [2.24, 2.45) is 22.7 Å². The fourth-order valence-corrected chi connectivity index (χ4v) is 5.11. The molecule has 5 nitrogen and oxygen atoms in total. The van der Waals surface area contributed by atoms with Gasteiger partial charge in [0.05, 0.1) is 11.8 Å². The molecule has 0 spiro atoms. The molecule has 2 aliphatic carbocycles. The number of carboxylic acid groups (broad SMARTS) is 1. The zero-order chi connectivity index (χ0) is 26.6. The van der Waals surface area contributed by atoms with Crippen LogP contribution < -0.4 is 0 Å². The molecule has 196 valence electrons. The van der Waals surface area contributed by atoms with E-state index in [2.05, 4.69) is 48.1 Å². The van der Waals surface area contributed by atoms with E-state index in [9.17, 15) is 14.7 Å². The molecule has 0 aliphatic heterocycles. The van der Waals surface area contributed by atoms with Crippen LogP contribution in [0, 0.1) is 28.1 Å². The van der Waals surface area contributed by atoms with Crippen LogP contribution in [0.3, 0.4) is 0 Å². The van der Waals surface area contributed by atoms with Gasteiger partial charge in [-0.3, -0.25) is 10.2 Å². The van der Waals surface area contributed by atoms with E-state index in [0.29, 0.717) is 5.92 Å². The smallest absolute Gasteiger partial charge is 0.331 e. The molecule has 0 radical (unpaired) electrons. The highest BCUT2D eigenvalue weighted by molar-refractivity contribution is 6.39. The molecule has 2 aliphatic rings. The predicted octanol–water partition coefficient (Wildman–Crippen LogP) is 7.19. The van der Waals surface area contributed by atoms with Gasteiger partial charge in [0, 0.05) is 17.5 Å². The monoisotopic (exact) mass is 484 g/mol. The predicted molar refractivity (Wildman–Crippen MR) is 145 cm³/mol. The fourth-order valence-electron chi connectivity index (χ4n) is 5.11. The van der Waals surface area contributed by atoms with E-state index in [1.54, 1.807) is 19.1 Å². The minimum absolute atomic E-state index is 0.0815. The fraction of sp³-hybridized carbons (Fsp3) is 0.700. The Balaban J connectivity index is 2.48. The summed E-state index contributed by atoms with van der Waals surface area (Å²) in [6.07, 6.45) is 12.7. The molecule has 0 bridgehead atoms. The van der Waals surface area contributed by atoms with E-state index >= 15 is 0 Å². The van der Waals surface area contributed by atoms with Crippen LogP contribution in [-0.2, 0) is 9.59 Å². The summed E-state index contributed by atoms with van der Waals surface area (Å²) < 4.78 is 0. The molecule has 2 N–H and O–H groups in total. The lowest BCUT2D eigenvalue weighted by Crippen LogP contribution is -2.52. The van der Waals surface area contributed by atoms with Gasteiger partial charge in [0.2, 0.25) is 0 Å². The van der Waals surface area contributed by atoms with Crippen LogP contribution in [0.1, 0.15) is 99.8 Å². The number of allylic oxidation sites excluding steroid dienone is 2. The van der Waals surface area contributed by atoms with Gasteiger partial charge < -0.3 is 10.0 Å². The molecule has 0 aromatic heterocycles. The average Bonchev–Trinajstić information content (AvgIpc) is 3.61. The number of carbonyl (C=O) groups is 2. The third kappa shape index (κ3) is 8.47. The second-order valence-electron chi connectivity index (χ2n) is 12.9. The Morgan fingerprint density at radius 3 is 2.03 bits per heavy atom. The van der Waals surface area contributed by atoms with Crippen molar-refractivity contribution in [2.45, 2.75) is 112 Å². The van der Waals surface area contributed by atoms with Crippen molar-refractivity contribution in [2.75, 3.05) is 0 Å². The lowest BCUT2D eigenvalue weighted by Gasteiger charge is -2.45. The Bertz CT molecular complexity index is 857. The maximum absolute atomic E-state index is 13.9. The molecule has 0 saturated heterocycles. The van der Waals surface area contributed by atoms with Crippen molar-refractivity contribution in [3.63, 3.8) is 0 Å². The van der Waals surface area contributed by atoms with E-state index < -0.39 is 5.97 Å². The zero-order valence-electron chi connectivity index (χ0n) is 23.1. The molecule has 0 aromatic carbocycles. The summed E-state index contributed by atoms with van der Waals surface area (Å²) in [7, 11) is 0. The SMILES string of the molecule is C=C/C(=C\C=C(/C)C(=O)O)C(CCC(C)(C)C)N(C(=O)C(=N)C1CC1)C1CCC(C(C)(C)C)CC1. The van der Waals surface area contributed by atoms with Gasteiger partial charge in [-0.25, -0.2) is 4.79 Å². The maximum Gasteiger partial charge on any atom is 0.331 e. The normalized spacial score (nSPS) is 22.9. The summed E-state index contributed by atoms with van der Waals surface area (Å²) in [5.74, 6) is -0.385. The number of carboxylic acids is 1. The Kier molecular flexibility index (Phi) is 9.72. The Morgan fingerprint density at radius 2 is 1.60 bits per heavy atom. The minimum atomic E-state index is -0.958. The summed E-state index contributed by atoms with van der Waals surface area (Å²) in [6, 6.07) is -0.148. The van der Waals surface area contributed by atoms with Crippen LogP contribution in [0.2, 0.25) is 0 Å². The van der Waals surface area contributed by atoms with Crippen molar-refractivity contribution >= 4 is 17.6 Å². The van der Waals surface area contributed by atoms with Gasteiger partial charge in [-0.15, -0.1) is 0 Å². The van der Waals surface area contributed by atoms with E-state index in [-0.39, 0.29) is 46.0 Å². The lowest BCUT2D eigenvalue weighted by molar-refractivity contribution is -0.132. The first-order valence-corrected chi connectivity index (χ1v) is 13.3.